The van der Waals surface area contributed by atoms with Crippen LogP contribution in [0.5, 0.6) is 0 Å². The summed E-state index contributed by atoms with van der Waals surface area (Å²) >= 11 is 3.48. The van der Waals surface area contributed by atoms with Crippen LogP contribution in [0.3, 0.4) is 0 Å². The molecule has 0 saturated carbocycles. The third-order valence-electron chi connectivity index (χ3n) is 3.48. The van der Waals surface area contributed by atoms with Crippen LogP contribution in [0.4, 0.5) is 5.69 Å². The molecule has 0 spiro atoms. The molecular weight excluding hydrogens is 344 g/mol. The van der Waals surface area contributed by atoms with Gasteiger partial charge in [-0.15, -0.1) is 0 Å². The third kappa shape index (κ3) is 5.13. The predicted octanol–water partition coefficient (Wildman–Crippen LogP) is 3.76. The van der Waals surface area contributed by atoms with Crippen LogP contribution in [-0.2, 0) is 9.59 Å². The van der Waals surface area contributed by atoms with E-state index in [1.165, 1.54) is 11.8 Å². The molecule has 0 unspecified atom stereocenters. The average molecular weight is 369 g/mol. The molecule has 4 nitrogen and oxygen atoms in total. The summed E-state index contributed by atoms with van der Waals surface area (Å²) in [5.41, 5.74) is 1.84. The summed E-state index contributed by atoms with van der Waals surface area (Å²) in [5, 5.41) is 0. The molecule has 0 aliphatic heterocycles. The zero-order valence-electron chi connectivity index (χ0n) is 13.9. The second kappa shape index (κ2) is 8.93. The number of hydrogen-bond acceptors (Lipinski definition) is 2. The van der Waals surface area contributed by atoms with E-state index in [9.17, 15) is 9.59 Å². The van der Waals surface area contributed by atoms with Gasteiger partial charge < -0.3 is 9.80 Å². The maximum Gasteiger partial charge on any atom is 0.242 e. The molecule has 0 bridgehead atoms. The summed E-state index contributed by atoms with van der Waals surface area (Å²) in [7, 11) is 0. The topological polar surface area (TPSA) is 40.6 Å². The van der Waals surface area contributed by atoms with Crippen LogP contribution < -0.4 is 4.90 Å². The number of benzene rings is 1. The standard InChI is InChI=1S/C17H25BrN2O2/c1-5-9-19(10-6-2)17(22)12-20(14(4)21)15-8-7-13(3)16(18)11-15/h7-8,11H,5-6,9-10,12H2,1-4H3. The maximum atomic E-state index is 12.5. The number of rotatable bonds is 7. The van der Waals surface area contributed by atoms with E-state index < -0.39 is 0 Å². The molecule has 0 fully saturated rings. The third-order valence-corrected chi connectivity index (χ3v) is 4.33. The lowest BCUT2D eigenvalue weighted by atomic mass is 10.2. The van der Waals surface area contributed by atoms with E-state index in [0.717, 1.165) is 41.7 Å². The van der Waals surface area contributed by atoms with Crippen molar-refractivity contribution < 1.29 is 9.59 Å². The Morgan fingerprint density at radius 1 is 1.14 bits per heavy atom. The summed E-state index contributed by atoms with van der Waals surface area (Å²) in [5.74, 6) is -0.132. The lowest BCUT2D eigenvalue weighted by Crippen LogP contribution is -2.43. The van der Waals surface area contributed by atoms with Gasteiger partial charge in [0.15, 0.2) is 0 Å². The van der Waals surface area contributed by atoms with Crippen molar-refractivity contribution in [3.63, 3.8) is 0 Å². The minimum atomic E-state index is -0.128. The molecule has 5 heteroatoms. The molecular formula is C17H25BrN2O2. The second-order valence-electron chi connectivity index (χ2n) is 5.42. The van der Waals surface area contributed by atoms with Gasteiger partial charge >= 0.3 is 0 Å². The van der Waals surface area contributed by atoms with Gasteiger partial charge in [-0.1, -0.05) is 35.8 Å². The van der Waals surface area contributed by atoms with E-state index in [0.29, 0.717) is 0 Å². The Bertz CT molecular complexity index is 525. The average Bonchev–Trinajstić information content (AvgIpc) is 2.47. The molecule has 0 N–H and O–H groups in total. The van der Waals surface area contributed by atoms with Crippen molar-refractivity contribution in [1.29, 1.82) is 0 Å². The van der Waals surface area contributed by atoms with Crippen molar-refractivity contribution in [2.24, 2.45) is 0 Å². The monoisotopic (exact) mass is 368 g/mol. The molecule has 122 valence electrons. The number of amides is 2. The molecule has 0 saturated heterocycles. The second-order valence-corrected chi connectivity index (χ2v) is 6.27. The smallest absolute Gasteiger partial charge is 0.242 e. The van der Waals surface area contributed by atoms with Gasteiger partial charge in [-0.25, -0.2) is 0 Å². The van der Waals surface area contributed by atoms with Gasteiger partial charge in [-0.2, -0.15) is 0 Å². The number of anilines is 1. The largest absolute Gasteiger partial charge is 0.341 e. The van der Waals surface area contributed by atoms with E-state index >= 15 is 0 Å². The van der Waals surface area contributed by atoms with Crippen molar-refractivity contribution in [3.05, 3.63) is 28.2 Å². The van der Waals surface area contributed by atoms with Gasteiger partial charge in [-0.3, -0.25) is 9.59 Å². The SMILES string of the molecule is CCCN(CCC)C(=O)CN(C(C)=O)c1ccc(C)c(Br)c1. The Balaban J connectivity index is 2.93. The molecule has 1 rings (SSSR count). The van der Waals surface area contributed by atoms with Crippen molar-refractivity contribution in [2.45, 2.75) is 40.5 Å². The summed E-state index contributed by atoms with van der Waals surface area (Å²) in [4.78, 5) is 27.8. The Labute approximate surface area is 141 Å². The number of carbonyl (C=O) groups excluding carboxylic acids is 2. The lowest BCUT2D eigenvalue weighted by Gasteiger charge is -2.27. The first-order valence-electron chi connectivity index (χ1n) is 7.72. The Morgan fingerprint density at radius 3 is 2.18 bits per heavy atom. The van der Waals surface area contributed by atoms with Gasteiger partial charge in [0.2, 0.25) is 11.8 Å². The van der Waals surface area contributed by atoms with E-state index in [1.54, 1.807) is 0 Å². The number of carbonyl (C=O) groups is 2. The minimum absolute atomic E-state index is 0.00408. The van der Waals surface area contributed by atoms with E-state index in [-0.39, 0.29) is 18.4 Å². The van der Waals surface area contributed by atoms with Crippen LogP contribution in [0.15, 0.2) is 22.7 Å². The quantitative estimate of drug-likeness (QED) is 0.734. The van der Waals surface area contributed by atoms with Crippen LogP contribution >= 0.6 is 15.9 Å². The molecule has 1 aromatic carbocycles. The van der Waals surface area contributed by atoms with Gasteiger partial charge in [0.1, 0.15) is 6.54 Å². The highest BCUT2D eigenvalue weighted by Gasteiger charge is 2.20. The van der Waals surface area contributed by atoms with Gasteiger partial charge in [-0.05, 0) is 37.5 Å². The summed E-state index contributed by atoms with van der Waals surface area (Å²) in [6.07, 6.45) is 1.84. The molecule has 0 radical (unpaired) electrons. The van der Waals surface area contributed by atoms with Gasteiger partial charge in [0, 0.05) is 30.2 Å². The molecule has 0 atom stereocenters. The van der Waals surface area contributed by atoms with Crippen LogP contribution in [0.2, 0.25) is 0 Å². The van der Waals surface area contributed by atoms with Crippen molar-refractivity contribution in [1.82, 2.24) is 4.90 Å². The Hall–Kier alpha value is -1.36. The van der Waals surface area contributed by atoms with Crippen LogP contribution in [0.1, 0.15) is 39.2 Å². The predicted molar refractivity (Wildman–Crippen MR) is 94.1 cm³/mol. The first kappa shape index (κ1) is 18.7. The number of halogens is 1. The molecule has 2 amide bonds. The van der Waals surface area contributed by atoms with Crippen LogP contribution in [0, 0.1) is 6.92 Å². The Kier molecular flexibility index (Phi) is 7.59. The van der Waals surface area contributed by atoms with Crippen molar-refractivity contribution in [2.75, 3.05) is 24.5 Å². The molecule has 1 aromatic rings. The molecule has 22 heavy (non-hydrogen) atoms. The van der Waals surface area contributed by atoms with E-state index in [1.807, 2.05) is 30.0 Å². The molecule has 0 heterocycles. The van der Waals surface area contributed by atoms with E-state index in [2.05, 4.69) is 29.8 Å². The number of hydrogen-bond donors (Lipinski definition) is 0. The van der Waals surface area contributed by atoms with Crippen molar-refractivity contribution in [3.8, 4) is 0 Å². The highest BCUT2D eigenvalue weighted by atomic mass is 79.9. The summed E-state index contributed by atoms with van der Waals surface area (Å²) < 4.78 is 0.933. The van der Waals surface area contributed by atoms with Gasteiger partial charge in [0.05, 0.1) is 0 Å². The zero-order valence-corrected chi connectivity index (χ0v) is 15.4. The molecule has 0 aromatic heterocycles. The molecule has 0 aliphatic rings. The fourth-order valence-corrected chi connectivity index (χ4v) is 2.64. The fraction of sp³-hybridized carbons (Fsp3) is 0.529. The van der Waals surface area contributed by atoms with Crippen LogP contribution in [0.25, 0.3) is 0 Å². The summed E-state index contributed by atoms with van der Waals surface area (Å²) in [6, 6.07) is 5.70. The highest BCUT2D eigenvalue weighted by Crippen LogP contribution is 2.24. The number of nitrogens with zero attached hydrogens (tertiary/aromatic N) is 2. The molecule has 0 aliphatic carbocycles. The normalized spacial score (nSPS) is 10.4. The van der Waals surface area contributed by atoms with Crippen LogP contribution in [-0.4, -0.2) is 36.3 Å². The summed E-state index contributed by atoms with van der Waals surface area (Å²) in [6.45, 7) is 9.13. The highest BCUT2D eigenvalue weighted by molar-refractivity contribution is 9.10. The van der Waals surface area contributed by atoms with Gasteiger partial charge in [0.25, 0.3) is 0 Å². The van der Waals surface area contributed by atoms with E-state index in [4.69, 9.17) is 0 Å². The number of aryl methyl sites for hydroxylation is 1. The Morgan fingerprint density at radius 2 is 1.73 bits per heavy atom. The fourth-order valence-electron chi connectivity index (χ4n) is 2.27. The van der Waals surface area contributed by atoms with Crippen molar-refractivity contribution >= 4 is 33.4 Å². The first-order valence-corrected chi connectivity index (χ1v) is 8.52. The lowest BCUT2D eigenvalue weighted by molar-refractivity contribution is -0.131. The zero-order chi connectivity index (χ0) is 16.7. The maximum absolute atomic E-state index is 12.5. The first-order chi connectivity index (χ1) is 10.4. The minimum Gasteiger partial charge on any atom is -0.341 e.